The molecule has 0 aliphatic carbocycles. The molecule has 1 amide bonds. The molecule has 0 spiro atoms. The van der Waals surface area contributed by atoms with Crippen LogP contribution in [0, 0.1) is 0 Å². The van der Waals surface area contributed by atoms with Crippen molar-refractivity contribution in [3.63, 3.8) is 0 Å². The average molecular weight is 618 g/mol. The van der Waals surface area contributed by atoms with Crippen molar-refractivity contribution in [3.8, 4) is 0 Å². The monoisotopic (exact) mass is 617 g/mol. The number of nitrogens with one attached hydrogen (secondary N) is 1. The van der Waals surface area contributed by atoms with Crippen LogP contribution in [0.15, 0.2) is 36.5 Å². The molecule has 0 aromatic heterocycles. The SMILES string of the molecule is CC/C=C\C/C=C\C/C=C\CCCCCC(=O)NC(COP(=O)(O)OCC(O)COC(=O)CCCCCCC)C(=O)O. The van der Waals surface area contributed by atoms with Gasteiger partial charge in [0.05, 0.1) is 13.2 Å². The Hall–Kier alpha value is -2.30. The van der Waals surface area contributed by atoms with Gasteiger partial charge in [0.1, 0.15) is 12.7 Å². The number of aliphatic carboxylic acids is 1. The molecule has 0 radical (unpaired) electrons. The third kappa shape index (κ3) is 25.4. The van der Waals surface area contributed by atoms with E-state index in [2.05, 4.69) is 60.1 Å². The van der Waals surface area contributed by atoms with Crippen LogP contribution in [0.4, 0.5) is 0 Å². The van der Waals surface area contributed by atoms with Crippen molar-refractivity contribution >= 4 is 25.7 Å². The lowest BCUT2D eigenvalue weighted by Crippen LogP contribution is -2.43. The molecule has 42 heavy (non-hydrogen) atoms. The lowest BCUT2D eigenvalue weighted by Gasteiger charge is -2.18. The molecule has 0 saturated heterocycles. The van der Waals surface area contributed by atoms with Crippen LogP contribution in [-0.2, 0) is 32.7 Å². The molecule has 0 saturated carbocycles. The second-order valence-corrected chi connectivity index (χ2v) is 11.4. The van der Waals surface area contributed by atoms with Gasteiger partial charge in [0.15, 0.2) is 6.04 Å². The Kier molecular flexibility index (Phi) is 24.9. The van der Waals surface area contributed by atoms with Gasteiger partial charge in [-0.3, -0.25) is 18.6 Å². The molecule has 0 aliphatic heterocycles. The zero-order chi connectivity index (χ0) is 31.5. The summed E-state index contributed by atoms with van der Waals surface area (Å²) in [5.41, 5.74) is 0. The number of phosphoric acid groups is 1. The first kappa shape index (κ1) is 39.7. The van der Waals surface area contributed by atoms with E-state index in [1.807, 2.05) is 0 Å². The quantitative estimate of drug-likeness (QED) is 0.0385. The summed E-state index contributed by atoms with van der Waals surface area (Å²) in [7, 11) is -4.74. The molecule has 242 valence electrons. The molecule has 0 bridgehead atoms. The van der Waals surface area contributed by atoms with Crippen molar-refractivity contribution in [2.24, 2.45) is 0 Å². The molecule has 0 heterocycles. The van der Waals surface area contributed by atoms with Crippen LogP contribution in [0.3, 0.4) is 0 Å². The van der Waals surface area contributed by atoms with Crippen LogP contribution >= 0.6 is 7.82 Å². The number of aliphatic hydroxyl groups excluding tert-OH is 1. The van der Waals surface area contributed by atoms with Crippen molar-refractivity contribution < 1.29 is 47.8 Å². The highest BCUT2D eigenvalue weighted by atomic mass is 31.2. The van der Waals surface area contributed by atoms with E-state index in [-0.39, 0.29) is 12.8 Å². The van der Waals surface area contributed by atoms with Crippen LogP contribution in [0.1, 0.15) is 104 Å². The topological polar surface area (TPSA) is 169 Å². The Morgan fingerprint density at radius 2 is 1.38 bits per heavy atom. The highest BCUT2D eigenvalue weighted by Gasteiger charge is 2.28. The van der Waals surface area contributed by atoms with Crippen molar-refractivity contribution in [1.82, 2.24) is 5.32 Å². The minimum Gasteiger partial charge on any atom is -0.480 e. The van der Waals surface area contributed by atoms with Crippen LogP contribution < -0.4 is 5.32 Å². The third-order valence-corrected chi connectivity index (χ3v) is 6.89. The second kappa shape index (κ2) is 26.3. The molecule has 0 aliphatic rings. The number of rotatable bonds is 27. The molecule has 3 unspecified atom stereocenters. The number of carboxylic acid groups (broad SMARTS) is 1. The van der Waals surface area contributed by atoms with E-state index >= 15 is 0 Å². The van der Waals surface area contributed by atoms with Gasteiger partial charge in [0.2, 0.25) is 5.91 Å². The van der Waals surface area contributed by atoms with E-state index in [1.165, 1.54) is 0 Å². The molecular weight excluding hydrogens is 565 g/mol. The first-order valence-electron chi connectivity index (χ1n) is 15.0. The highest BCUT2D eigenvalue weighted by Crippen LogP contribution is 2.43. The Morgan fingerprint density at radius 3 is 2.05 bits per heavy atom. The maximum Gasteiger partial charge on any atom is 0.472 e. The molecule has 12 heteroatoms. The fourth-order valence-corrected chi connectivity index (χ4v) is 4.33. The van der Waals surface area contributed by atoms with Gasteiger partial charge < -0.3 is 25.2 Å². The molecule has 3 atom stereocenters. The van der Waals surface area contributed by atoms with Gasteiger partial charge in [0, 0.05) is 12.8 Å². The lowest BCUT2D eigenvalue weighted by atomic mass is 10.1. The van der Waals surface area contributed by atoms with Gasteiger partial charge >= 0.3 is 19.8 Å². The van der Waals surface area contributed by atoms with E-state index in [4.69, 9.17) is 9.26 Å². The second-order valence-electron chi connectivity index (χ2n) is 9.91. The van der Waals surface area contributed by atoms with Crippen molar-refractivity contribution in [2.45, 2.75) is 116 Å². The smallest absolute Gasteiger partial charge is 0.472 e. The molecule has 11 nitrogen and oxygen atoms in total. The van der Waals surface area contributed by atoms with Crippen LogP contribution in [0.2, 0.25) is 0 Å². The van der Waals surface area contributed by atoms with Crippen LogP contribution in [0.5, 0.6) is 0 Å². The van der Waals surface area contributed by atoms with E-state index in [0.29, 0.717) is 12.8 Å². The Bertz CT molecular complexity index is 874. The average Bonchev–Trinajstić information content (AvgIpc) is 2.95. The summed E-state index contributed by atoms with van der Waals surface area (Å²) in [6.45, 7) is 2.28. The number of aliphatic hydroxyl groups is 1. The molecule has 0 rings (SSSR count). The molecular formula is C30H52NO10P. The van der Waals surface area contributed by atoms with Crippen LogP contribution in [0.25, 0.3) is 0 Å². The summed E-state index contributed by atoms with van der Waals surface area (Å²) in [5, 5.41) is 21.5. The maximum absolute atomic E-state index is 12.1. The fraction of sp³-hybridized carbons (Fsp3) is 0.700. The number of carbonyl (C=O) groups excluding carboxylic acids is 2. The van der Waals surface area contributed by atoms with E-state index < -0.39 is 57.6 Å². The Balaban J connectivity index is 4.15. The lowest BCUT2D eigenvalue weighted by molar-refractivity contribution is -0.147. The molecule has 0 aromatic carbocycles. The van der Waals surface area contributed by atoms with Crippen LogP contribution in [-0.4, -0.2) is 64.9 Å². The van der Waals surface area contributed by atoms with Gasteiger partial charge in [-0.2, -0.15) is 0 Å². The van der Waals surface area contributed by atoms with Gasteiger partial charge in [0.25, 0.3) is 0 Å². The number of hydrogen-bond donors (Lipinski definition) is 4. The van der Waals surface area contributed by atoms with Crippen molar-refractivity contribution in [2.75, 3.05) is 19.8 Å². The zero-order valence-corrected chi connectivity index (χ0v) is 26.2. The number of hydrogen-bond acceptors (Lipinski definition) is 8. The summed E-state index contributed by atoms with van der Waals surface area (Å²) < 4.78 is 26.4. The van der Waals surface area contributed by atoms with Gasteiger partial charge in [-0.1, -0.05) is 82.4 Å². The number of carbonyl (C=O) groups is 3. The number of phosphoric ester groups is 1. The van der Waals surface area contributed by atoms with E-state index in [1.54, 1.807) is 0 Å². The predicted molar refractivity (Wildman–Crippen MR) is 162 cm³/mol. The third-order valence-electron chi connectivity index (χ3n) is 5.94. The molecule has 0 aromatic rings. The maximum atomic E-state index is 12.1. The summed E-state index contributed by atoms with van der Waals surface area (Å²) in [4.78, 5) is 45.1. The largest absolute Gasteiger partial charge is 0.480 e. The number of ether oxygens (including phenoxy) is 1. The Morgan fingerprint density at radius 1 is 0.786 bits per heavy atom. The number of unbranched alkanes of at least 4 members (excludes halogenated alkanes) is 7. The normalized spacial score (nSPS) is 14.8. The number of allylic oxidation sites excluding steroid dienone is 6. The van der Waals surface area contributed by atoms with Gasteiger partial charge in [-0.25, -0.2) is 9.36 Å². The van der Waals surface area contributed by atoms with Crippen molar-refractivity contribution in [1.29, 1.82) is 0 Å². The zero-order valence-electron chi connectivity index (χ0n) is 25.3. The van der Waals surface area contributed by atoms with E-state index in [0.717, 1.165) is 64.2 Å². The first-order chi connectivity index (χ1) is 20.1. The van der Waals surface area contributed by atoms with E-state index in [9.17, 15) is 34.1 Å². The summed E-state index contributed by atoms with van der Waals surface area (Å²) in [5.74, 6) is -2.44. The number of esters is 1. The minimum absolute atomic E-state index is 0.110. The van der Waals surface area contributed by atoms with Crippen molar-refractivity contribution in [3.05, 3.63) is 36.5 Å². The van der Waals surface area contributed by atoms with Gasteiger partial charge in [-0.15, -0.1) is 0 Å². The first-order valence-corrected chi connectivity index (χ1v) is 16.5. The molecule has 4 N–H and O–H groups in total. The summed E-state index contributed by atoms with van der Waals surface area (Å²) >= 11 is 0. The standard InChI is InChI=1S/C30H52NO10P/c1-3-5-7-9-10-11-12-13-14-15-16-18-19-21-28(33)31-27(30(35)36)25-41-42(37,38)40-24-26(32)23-39-29(34)22-20-17-8-6-4-2/h5,7,10-11,13-14,26-27,32H,3-4,6,8-9,12,15-25H2,1-2H3,(H,31,33)(H,35,36)(H,37,38)/b7-5-,11-10-,14-13-. The minimum atomic E-state index is -4.74. The summed E-state index contributed by atoms with van der Waals surface area (Å²) in [6.07, 6.45) is 22.5. The molecule has 0 fully saturated rings. The number of amides is 1. The Labute approximate surface area is 251 Å². The van der Waals surface area contributed by atoms with Gasteiger partial charge in [-0.05, 0) is 44.9 Å². The summed E-state index contributed by atoms with van der Waals surface area (Å²) in [6, 6.07) is -1.56. The highest BCUT2D eigenvalue weighted by molar-refractivity contribution is 7.47. The number of carboxylic acids is 1. The fourth-order valence-electron chi connectivity index (χ4n) is 3.56. The predicted octanol–water partition coefficient (Wildman–Crippen LogP) is 5.76.